The summed E-state index contributed by atoms with van der Waals surface area (Å²) >= 11 is 0. The highest BCUT2D eigenvalue weighted by atomic mass is 14.3. The summed E-state index contributed by atoms with van der Waals surface area (Å²) in [4.78, 5) is 0. The molecular formula is C44H34. The van der Waals surface area contributed by atoms with Gasteiger partial charge in [0.25, 0.3) is 0 Å². The second kappa shape index (κ2) is 10.8. The molecule has 1 aliphatic rings. The SMILES string of the molecule is CC1=C(c2ccc(-c3ccc4cc(-c5ccc6ccccc6c5)ccc4c3)cc2)C=CCC1c1ccc2ccccc2c1C. The van der Waals surface area contributed by atoms with Crippen LogP contribution < -0.4 is 0 Å². The van der Waals surface area contributed by atoms with E-state index in [1.807, 2.05) is 0 Å². The third kappa shape index (κ3) is 4.64. The minimum absolute atomic E-state index is 0.402. The highest BCUT2D eigenvalue weighted by molar-refractivity contribution is 5.93. The molecule has 0 radical (unpaired) electrons. The molecule has 0 bridgehead atoms. The van der Waals surface area contributed by atoms with E-state index < -0.39 is 0 Å². The molecule has 0 saturated heterocycles. The van der Waals surface area contributed by atoms with E-state index in [9.17, 15) is 0 Å². The Bertz CT molecular complexity index is 2260. The van der Waals surface area contributed by atoms with E-state index in [2.05, 4.69) is 166 Å². The van der Waals surface area contributed by atoms with Crippen LogP contribution in [0, 0.1) is 6.92 Å². The van der Waals surface area contributed by atoms with Crippen molar-refractivity contribution in [1.82, 2.24) is 0 Å². The first kappa shape index (κ1) is 26.4. The number of hydrogen-bond acceptors (Lipinski definition) is 0. The summed E-state index contributed by atoms with van der Waals surface area (Å²) in [5, 5.41) is 7.75. The van der Waals surface area contributed by atoms with Gasteiger partial charge in [-0.05, 0) is 115 Å². The van der Waals surface area contributed by atoms with E-state index in [1.165, 1.54) is 82.4 Å². The first-order valence-corrected chi connectivity index (χ1v) is 15.6. The fourth-order valence-corrected chi connectivity index (χ4v) is 7.14. The van der Waals surface area contributed by atoms with Gasteiger partial charge in [0.1, 0.15) is 0 Å². The predicted molar refractivity (Wildman–Crippen MR) is 190 cm³/mol. The number of aryl methyl sites for hydroxylation is 1. The zero-order chi connectivity index (χ0) is 29.6. The largest absolute Gasteiger partial charge is 0.0830 e. The number of rotatable bonds is 4. The lowest BCUT2D eigenvalue weighted by Crippen LogP contribution is -2.07. The van der Waals surface area contributed by atoms with Gasteiger partial charge in [0.05, 0.1) is 0 Å². The van der Waals surface area contributed by atoms with Gasteiger partial charge in [-0.15, -0.1) is 0 Å². The van der Waals surface area contributed by atoms with Crippen molar-refractivity contribution >= 4 is 37.9 Å². The van der Waals surface area contributed by atoms with Crippen LogP contribution in [0.25, 0.3) is 60.1 Å². The van der Waals surface area contributed by atoms with Crippen molar-refractivity contribution in [2.24, 2.45) is 0 Å². The maximum absolute atomic E-state index is 2.35. The first-order valence-electron chi connectivity index (χ1n) is 15.6. The van der Waals surface area contributed by atoms with Gasteiger partial charge in [0.2, 0.25) is 0 Å². The highest BCUT2D eigenvalue weighted by Gasteiger charge is 2.21. The molecule has 1 aliphatic carbocycles. The Morgan fingerprint density at radius 1 is 0.455 bits per heavy atom. The van der Waals surface area contributed by atoms with Crippen LogP contribution in [0.3, 0.4) is 0 Å². The van der Waals surface area contributed by atoms with Gasteiger partial charge in [-0.3, -0.25) is 0 Å². The molecule has 210 valence electrons. The molecule has 0 fully saturated rings. The molecule has 0 aromatic heterocycles. The van der Waals surface area contributed by atoms with Crippen LogP contribution in [0.2, 0.25) is 0 Å². The van der Waals surface area contributed by atoms with Crippen LogP contribution in [0.5, 0.6) is 0 Å². The van der Waals surface area contributed by atoms with Crippen molar-refractivity contribution in [3.8, 4) is 22.3 Å². The van der Waals surface area contributed by atoms with Gasteiger partial charge < -0.3 is 0 Å². The number of fused-ring (bicyclic) bond motifs is 3. The smallest absolute Gasteiger partial charge is 0.00920 e. The van der Waals surface area contributed by atoms with Crippen molar-refractivity contribution in [3.63, 3.8) is 0 Å². The van der Waals surface area contributed by atoms with Gasteiger partial charge in [-0.1, -0.05) is 139 Å². The molecule has 0 aliphatic heterocycles. The zero-order valence-electron chi connectivity index (χ0n) is 25.2. The maximum atomic E-state index is 2.35. The van der Waals surface area contributed by atoms with Crippen molar-refractivity contribution in [1.29, 1.82) is 0 Å². The van der Waals surface area contributed by atoms with Crippen LogP contribution >= 0.6 is 0 Å². The summed E-state index contributed by atoms with van der Waals surface area (Å²) in [6.45, 7) is 4.60. The van der Waals surface area contributed by atoms with Crippen molar-refractivity contribution in [2.75, 3.05) is 0 Å². The molecule has 0 heterocycles. The van der Waals surface area contributed by atoms with E-state index in [4.69, 9.17) is 0 Å². The number of hydrogen-bond donors (Lipinski definition) is 0. The maximum Gasteiger partial charge on any atom is 0.00920 e. The average molecular weight is 563 g/mol. The van der Waals surface area contributed by atoms with Gasteiger partial charge in [0.15, 0.2) is 0 Å². The molecule has 1 atom stereocenters. The fraction of sp³-hybridized carbons (Fsp3) is 0.0909. The fourth-order valence-electron chi connectivity index (χ4n) is 7.14. The Labute approximate surface area is 259 Å². The molecule has 44 heavy (non-hydrogen) atoms. The van der Waals surface area contributed by atoms with Crippen LogP contribution in [0.4, 0.5) is 0 Å². The third-order valence-corrected chi connectivity index (χ3v) is 9.67. The molecule has 0 saturated carbocycles. The lowest BCUT2D eigenvalue weighted by molar-refractivity contribution is 0.797. The van der Waals surface area contributed by atoms with Crippen molar-refractivity contribution < 1.29 is 0 Å². The quantitative estimate of drug-likeness (QED) is 0.200. The van der Waals surface area contributed by atoms with Gasteiger partial charge in [-0.25, -0.2) is 0 Å². The van der Waals surface area contributed by atoms with Crippen LogP contribution in [0.1, 0.15) is 36.0 Å². The van der Waals surface area contributed by atoms with Crippen molar-refractivity contribution in [2.45, 2.75) is 26.2 Å². The molecule has 0 nitrogen and oxygen atoms in total. The van der Waals surface area contributed by atoms with E-state index in [0.717, 1.165) is 6.42 Å². The van der Waals surface area contributed by atoms with Crippen LogP contribution in [-0.4, -0.2) is 0 Å². The van der Waals surface area contributed by atoms with E-state index in [0.29, 0.717) is 5.92 Å². The topological polar surface area (TPSA) is 0 Å². The summed E-state index contributed by atoms with van der Waals surface area (Å²) in [5.74, 6) is 0.402. The Kier molecular flexibility index (Phi) is 6.50. The molecule has 0 amide bonds. The first-order chi connectivity index (χ1) is 21.6. The Balaban J connectivity index is 1.08. The van der Waals surface area contributed by atoms with Crippen LogP contribution in [0.15, 0.2) is 157 Å². The summed E-state index contributed by atoms with van der Waals surface area (Å²) < 4.78 is 0. The number of allylic oxidation sites excluding steroid dienone is 4. The molecule has 0 heteroatoms. The van der Waals surface area contributed by atoms with E-state index in [-0.39, 0.29) is 0 Å². The minimum atomic E-state index is 0.402. The summed E-state index contributed by atoms with van der Waals surface area (Å²) in [6.07, 6.45) is 5.72. The second-order valence-electron chi connectivity index (χ2n) is 12.2. The zero-order valence-corrected chi connectivity index (χ0v) is 25.2. The average Bonchev–Trinajstić information content (AvgIpc) is 3.08. The monoisotopic (exact) mass is 562 g/mol. The molecule has 1 unspecified atom stereocenters. The van der Waals surface area contributed by atoms with Gasteiger partial charge >= 0.3 is 0 Å². The Morgan fingerprint density at radius 3 is 1.66 bits per heavy atom. The predicted octanol–water partition coefficient (Wildman–Crippen LogP) is 12.3. The van der Waals surface area contributed by atoms with E-state index >= 15 is 0 Å². The van der Waals surface area contributed by atoms with Crippen LogP contribution in [-0.2, 0) is 0 Å². The van der Waals surface area contributed by atoms with Gasteiger partial charge in [0, 0.05) is 5.92 Å². The third-order valence-electron chi connectivity index (χ3n) is 9.67. The molecule has 0 spiro atoms. The molecule has 8 rings (SSSR count). The second-order valence-corrected chi connectivity index (χ2v) is 12.2. The van der Waals surface area contributed by atoms with Gasteiger partial charge in [-0.2, -0.15) is 0 Å². The molecule has 7 aromatic carbocycles. The molecular weight excluding hydrogens is 528 g/mol. The number of benzene rings is 7. The summed E-state index contributed by atoms with van der Waals surface area (Å²) in [7, 11) is 0. The summed E-state index contributed by atoms with van der Waals surface area (Å²) in [6, 6.07) is 51.4. The molecule has 0 N–H and O–H groups in total. The summed E-state index contributed by atoms with van der Waals surface area (Å²) in [5.41, 5.74) is 11.9. The van der Waals surface area contributed by atoms with Crippen molar-refractivity contribution in [3.05, 3.63) is 174 Å². The normalized spacial score (nSPS) is 15.0. The lowest BCUT2D eigenvalue weighted by Gasteiger charge is -2.26. The Morgan fingerprint density at radius 2 is 0.955 bits per heavy atom. The lowest BCUT2D eigenvalue weighted by atomic mass is 9.78. The molecule has 7 aromatic rings. The highest BCUT2D eigenvalue weighted by Crippen LogP contribution is 2.41. The standard InChI is InChI=1S/C44H34/c1-29-42(12-7-13-43(29)44-25-24-33-9-5-6-11-41(33)30(44)2)34-17-14-32(15-18-34)36-20-21-39-28-40(23-22-38(39)27-36)37-19-16-31-8-3-4-10-35(31)26-37/h3-12,14-28,43H,13H2,1-2H3. The van der Waals surface area contributed by atoms with E-state index in [1.54, 1.807) is 0 Å². The minimum Gasteiger partial charge on any atom is -0.0830 e. The Hall–Kier alpha value is -5.20.